The van der Waals surface area contributed by atoms with Gasteiger partial charge in [0.15, 0.2) is 5.13 Å². The fourth-order valence-corrected chi connectivity index (χ4v) is 3.12. The van der Waals surface area contributed by atoms with Crippen molar-refractivity contribution in [3.63, 3.8) is 0 Å². The van der Waals surface area contributed by atoms with Gasteiger partial charge in [0.25, 0.3) is 0 Å². The van der Waals surface area contributed by atoms with Crippen molar-refractivity contribution in [3.8, 4) is 11.3 Å². The first-order valence-electron chi connectivity index (χ1n) is 6.76. The molecule has 0 bridgehead atoms. The minimum absolute atomic E-state index is 0.0466. The summed E-state index contributed by atoms with van der Waals surface area (Å²) in [6.07, 6.45) is 0.360. The molecule has 3 rings (SSSR count). The van der Waals surface area contributed by atoms with Gasteiger partial charge in [-0.3, -0.25) is 4.79 Å². The van der Waals surface area contributed by atoms with E-state index in [1.165, 1.54) is 14.9 Å². The number of carbonyl (C=O) groups excluding carboxylic acids is 1. The van der Waals surface area contributed by atoms with Crippen LogP contribution in [0.25, 0.3) is 11.3 Å². The molecule has 1 aromatic heterocycles. The molecular weight excluding hydrogens is 407 g/mol. The monoisotopic (exact) mass is 420 g/mol. The molecule has 0 aliphatic rings. The van der Waals surface area contributed by atoms with Crippen LogP contribution in [0, 0.1) is 3.57 Å². The number of aromatic nitrogens is 1. The molecule has 1 heterocycles. The van der Waals surface area contributed by atoms with Gasteiger partial charge in [0.1, 0.15) is 0 Å². The molecule has 0 fully saturated rings. The molecule has 0 atom stereocenters. The molecule has 0 saturated carbocycles. The highest BCUT2D eigenvalue weighted by Crippen LogP contribution is 2.25. The van der Waals surface area contributed by atoms with Gasteiger partial charge in [-0.1, -0.05) is 42.5 Å². The van der Waals surface area contributed by atoms with Crippen molar-refractivity contribution in [1.82, 2.24) is 4.98 Å². The number of hydrogen-bond donors (Lipinski definition) is 1. The van der Waals surface area contributed by atoms with Crippen LogP contribution in [0.3, 0.4) is 0 Å². The van der Waals surface area contributed by atoms with E-state index in [2.05, 4.69) is 32.9 Å². The molecule has 3 aromatic rings. The molecule has 3 nitrogen and oxygen atoms in total. The lowest BCUT2D eigenvalue weighted by atomic mass is 10.1. The first-order chi connectivity index (χ1) is 10.7. The molecule has 0 saturated heterocycles. The first-order valence-corrected chi connectivity index (χ1v) is 8.72. The van der Waals surface area contributed by atoms with Gasteiger partial charge in [0, 0.05) is 14.5 Å². The zero-order chi connectivity index (χ0) is 15.4. The van der Waals surface area contributed by atoms with E-state index in [-0.39, 0.29) is 5.91 Å². The summed E-state index contributed by atoms with van der Waals surface area (Å²) in [4.78, 5) is 16.5. The van der Waals surface area contributed by atoms with Crippen LogP contribution in [0.15, 0.2) is 60.0 Å². The SMILES string of the molecule is O=C(Cc1ccccc1)Nc1nc(-c2ccc(I)cc2)cs1. The number of amides is 1. The molecule has 0 aliphatic carbocycles. The molecule has 2 aromatic carbocycles. The predicted octanol–water partition coefficient (Wildman–Crippen LogP) is 4.60. The number of benzene rings is 2. The van der Waals surface area contributed by atoms with Crippen LogP contribution >= 0.6 is 33.9 Å². The van der Waals surface area contributed by atoms with Crippen LogP contribution in [-0.4, -0.2) is 10.9 Å². The second-order valence-corrected chi connectivity index (χ2v) is 6.86. The summed E-state index contributed by atoms with van der Waals surface area (Å²) in [5.74, 6) is -0.0466. The number of rotatable bonds is 4. The van der Waals surface area contributed by atoms with E-state index in [1.807, 2.05) is 60.0 Å². The van der Waals surface area contributed by atoms with Gasteiger partial charge in [0.2, 0.25) is 5.91 Å². The molecule has 110 valence electrons. The Kier molecular flexibility index (Phi) is 4.84. The lowest BCUT2D eigenvalue weighted by Gasteiger charge is -2.01. The molecule has 0 unspecified atom stereocenters. The summed E-state index contributed by atoms with van der Waals surface area (Å²) in [6, 6.07) is 17.8. The largest absolute Gasteiger partial charge is 0.302 e. The van der Waals surface area contributed by atoms with Crippen LogP contribution in [-0.2, 0) is 11.2 Å². The van der Waals surface area contributed by atoms with Gasteiger partial charge in [-0.05, 0) is 40.3 Å². The van der Waals surface area contributed by atoms with Gasteiger partial charge >= 0.3 is 0 Å². The van der Waals surface area contributed by atoms with E-state index in [4.69, 9.17) is 0 Å². The fraction of sp³-hybridized carbons (Fsp3) is 0.0588. The third-order valence-electron chi connectivity index (χ3n) is 3.10. The number of hydrogen-bond acceptors (Lipinski definition) is 3. The van der Waals surface area contributed by atoms with Crippen molar-refractivity contribution in [1.29, 1.82) is 0 Å². The van der Waals surface area contributed by atoms with Crippen molar-refractivity contribution in [2.75, 3.05) is 5.32 Å². The quantitative estimate of drug-likeness (QED) is 0.628. The van der Waals surface area contributed by atoms with E-state index in [0.29, 0.717) is 11.6 Å². The first kappa shape index (κ1) is 15.2. The van der Waals surface area contributed by atoms with E-state index in [9.17, 15) is 4.79 Å². The Bertz CT molecular complexity index is 769. The summed E-state index contributed by atoms with van der Waals surface area (Å²) < 4.78 is 1.19. The van der Waals surface area contributed by atoms with Gasteiger partial charge in [-0.15, -0.1) is 11.3 Å². The second kappa shape index (κ2) is 7.02. The number of carbonyl (C=O) groups is 1. The normalized spacial score (nSPS) is 10.4. The summed E-state index contributed by atoms with van der Waals surface area (Å²) >= 11 is 3.72. The zero-order valence-electron chi connectivity index (χ0n) is 11.6. The maximum absolute atomic E-state index is 12.0. The molecule has 1 amide bonds. The van der Waals surface area contributed by atoms with E-state index in [1.54, 1.807) is 0 Å². The van der Waals surface area contributed by atoms with Crippen LogP contribution in [0.5, 0.6) is 0 Å². The van der Waals surface area contributed by atoms with E-state index in [0.717, 1.165) is 16.8 Å². The standard InChI is InChI=1S/C17H13IN2OS/c18-14-8-6-13(7-9-14)15-11-22-17(19-15)20-16(21)10-12-4-2-1-3-5-12/h1-9,11H,10H2,(H,19,20,21). The lowest BCUT2D eigenvalue weighted by Crippen LogP contribution is -2.14. The molecule has 0 radical (unpaired) electrons. The Morgan fingerprint density at radius 1 is 1.09 bits per heavy atom. The predicted molar refractivity (Wildman–Crippen MR) is 99.0 cm³/mol. The highest BCUT2D eigenvalue weighted by molar-refractivity contribution is 14.1. The van der Waals surface area contributed by atoms with Crippen LogP contribution in [0.2, 0.25) is 0 Å². The Morgan fingerprint density at radius 3 is 2.55 bits per heavy atom. The smallest absolute Gasteiger partial charge is 0.230 e. The number of nitrogens with one attached hydrogen (secondary N) is 1. The maximum Gasteiger partial charge on any atom is 0.230 e. The van der Waals surface area contributed by atoms with Crippen molar-refractivity contribution in [2.24, 2.45) is 0 Å². The number of thiazole rings is 1. The number of nitrogens with zero attached hydrogens (tertiary/aromatic N) is 1. The van der Waals surface area contributed by atoms with Crippen molar-refractivity contribution >= 4 is 45.0 Å². The van der Waals surface area contributed by atoms with Crippen LogP contribution in [0.4, 0.5) is 5.13 Å². The Morgan fingerprint density at radius 2 is 1.82 bits per heavy atom. The van der Waals surface area contributed by atoms with Crippen molar-refractivity contribution < 1.29 is 4.79 Å². The molecule has 5 heteroatoms. The summed E-state index contributed by atoms with van der Waals surface area (Å²) in [5.41, 5.74) is 2.94. The minimum atomic E-state index is -0.0466. The molecule has 1 N–H and O–H groups in total. The highest BCUT2D eigenvalue weighted by atomic mass is 127. The molecular formula is C17H13IN2OS. The topological polar surface area (TPSA) is 42.0 Å². The summed E-state index contributed by atoms with van der Waals surface area (Å²) in [7, 11) is 0. The molecule has 0 aliphatic heterocycles. The lowest BCUT2D eigenvalue weighted by molar-refractivity contribution is -0.115. The number of halogens is 1. The van der Waals surface area contributed by atoms with Gasteiger partial charge in [-0.25, -0.2) is 4.98 Å². The van der Waals surface area contributed by atoms with Gasteiger partial charge < -0.3 is 5.32 Å². The molecule has 0 spiro atoms. The van der Waals surface area contributed by atoms with Crippen LogP contribution in [0.1, 0.15) is 5.56 Å². The Balaban J connectivity index is 1.66. The zero-order valence-corrected chi connectivity index (χ0v) is 14.6. The van der Waals surface area contributed by atoms with E-state index < -0.39 is 0 Å². The average Bonchev–Trinajstić information content (AvgIpc) is 2.97. The third-order valence-corrected chi connectivity index (χ3v) is 4.57. The highest BCUT2D eigenvalue weighted by Gasteiger charge is 2.08. The third kappa shape index (κ3) is 3.92. The second-order valence-electron chi connectivity index (χ2n) is 4.76. The number of anilines is 1. The van der Waals surface area contributed by atoms with Crippen molar-refractivity contribution in [3.05, 3.63) is 69.1 Å². The van der Waals surface area contributed by atoms with Gasteiger partial charge in [-0.2, -0.15) is 0 Å². The Hall–Kier alpha value is -1.73. The van der Waals surface area contributed by atoms with E-state index >= 15 is 0 Å². The van der Waals surface area contributed by atoms with Gasteiger partial charge in [0.05, 0.1) is 12.1 Å². The minimum Gasteiger partial charge on any atom is -0.302 e. The summed E-state index contributed by atoms with van der Waals surface area (Å²) in [5, 5.41) is 5.45. The average molecular weight is 420 g/mol. The maximum atomic E-state index is 12.0. The molecule has 22 heavy (non-hydrogen) atoms. The van der Waals surface area contributed by atoms with Crippen LogP contribution < -0.4 is 5.32 Å². The van der Waals surface area contributed by atoms with Crippen molar-refractivity contribution in [2.45, 2.75) is 6.42 Å². The Labute approximate surface area is 146 Å². The summed E-state index contributed by atoms with van der Waals surface area (Å²) in [6.45, 7) is 0. The fourth-order valence-electron chi connectivity index (χ4n) is 2.03.